The van der Waals surface area contributed by atoms with Crippen molar-refractivity contribution in [2.75, 3.05) is 19.6 Å². The lowest BCUT2D eigenvalue weighted by molar-refractivity contribution is 0.226. The van der Waals surface area contributed by atoms with Gasteiger partial charge in [-0.1, -0.05) is 39.0 Å². The van der Waals surface area contributed by atoms with Crippen LogP contribution in [0.5, 0.6) is 0 Å². The molecule has 1 nitrogen and oxygen atoms in total. The molecule has 0 aromatic carbocycles. The van der Waals surface area contributed by atoms with Crippen LogP contribution in [0, 0.1) is 0 Å². The molecule has 0 N–H and O–H groups in total. The van der Waals surface area contributed by atoms with Crippen molar-refractivity contribution in [3.8, 4) is 0 Å². The summed E-state index contributed by atoms with van der Waals surface area (Å²) in [4.78, 5) is 2.54. The van der Waals surface area contributed by atoms with E-state index < -0.39 is 0 Å². The highest BCUT2D eigenvalue weighted by Gasteiger charge is 2.14. The lowest BCUT2D eigenvalue weighted by Crippen LogP contribution is -2.34. The van der Waals surface area contributed by atoms with Gasteiger partial charge < -0.3 is 4.90 Å². The summed E-state index contributed by atoms with van der Waals surface area (Å²) < 4.78 is 0. The largest absolute Gasteiger partial charge is 0.302 e. The van der Waals surface area contributed by atoms with Gasteiger partial charge in [0, 0.05) is 11.9 Å². The standard InChI is InChI=1S/C13H26ClN/c1-2-3-4-6-9-13(14)12-15-10-7-5-8-11-15/h13H,2-12H2,1H3. The molecule has 1 aliphatic heterocycles. The third-order valence-corrected chi connectivity index (χ3v) is 3.63. The van der Waals surface area contributed by atoms with Gasteiger partial charge in [0.1, 0.15) is 0 Å². The molecule has 1 unspecified atom stereocenters. The Morgan fingerprint density at radius 2 is 1.80 bits per heavy atom. The van der Waals surface area contributed by atoms with Crippen molar-refractivity contribution >= 4 is 11.6 Å². The average Bonchev–Trinajstić information content (AvgIpc) is 2.26. The van der Waals surface area contributed by atoms with E-state index in [0.717, 1.165) is 6.54 Å². The second kappa shape index (κ2) is 8.41. The van der Waals surface area contributed by atoms with Crippen molar-refractivity contribution in [1.82, 2.24) is 4.90 Å². The fourth-order valence-corrected chi connectivity index (χ4v) is 2.66. The van der Waals surface area contributed by atoms with Gasteiger partial charge in [0.15, 0.2) is 0 Å². The molecule has 0 aliphatic carbocycles. The van der Waals surface area contributed by atoms with Crippen LogP contribution < -0.4 is 0 Å². The molecule has 0 aromatic rings. The first-order valence-corrected chi connectivity index (χ1v) is 7.13. The molecule has 1 aliphatic rings. The fourth-order valence-electron chi connectivity index (χ4n) is 2.31. The van der Waals surface area contributed by atoms with E-state index in [-0.39, 0.29) is 0 Å². The quantitative estimate of drug-likeness (QED) is 0.472. The maximum Gasteiger partial charge on any atom is 0.0463 e. The first kappa shape index (κ1) is 13.3. The van der Waals surface area contributed by atoms with Crippen LogP contribution in [-0.4, -0.2) is 29.9 Å². The van der Waals surface area contributed by atoms with E-state index in [0.29, 0.717) is 5.38 Å². The normalized spacial score (nSPS) is 20.4. The van der Waals surface area contributed by atoms with Crippen LogP contribution in [0.3, 0.4) is 0 Å². The topological polar surface area (TPSA) is 3.24 Å². The zero-order valence-corrected chi connectivity index (χ0v) is 10.9. The Morgan fingerprint density at radius 3 is 2.47 bits per heavy atom. The lowest BCUT2D eigenvalue weighted by atomic mass is 10.1. The maximum atomic E-state index is 6.35. The number of hydrogen-bond donors (Lipinski definition) is 0. The maximum absolute atomic E-state index is 6.35. The zero-order valence-electron chi connectivity index (χ0n) is 10.2. The molecule has 0 amide bonds. The smallest absolute Gasteiger partial charge is 0.0463 e. The molecule has 0 radical (unpaired) electrons. The molecule has 0 saturated carbocycles. The summed E-state index contributed by atoms with van der Waals surface area (Å²) >= 11 is 6.35. The summed E-state index contributed by atoms with van der Waals surface area (Å²) in [7, 11) is 0. The van der Waals surface area contributed by atoms with Crippen LogP contribution in [0.1, 0.15) is 58.3 Å². The van der Waals surface area contributed by atoms with E-state index in [4.69, 9.17) is 11.6 Å². The monoisotopic (exact) mass is 231 g/mol. The van der Waals surface area contributed by atoms with Gasteiger partial charge in [0.2, 0.25) is 0 Å². The van der Waals surface area contributed by atoms with Crippen LogP contribution in [-0.2, 0) is 0 Å². The number of halogens is 1. The summed E-state index contributed by atoms with van der Waals surface area (Å²) in [6, 6.07) is 0. The van der Waals surface area contributed by atoms with Crippen molar-refractivity contribution in [3.05, 3.63) is 0 Å². The van der Waals surface area contributed by atoms with E-state index in [2.05, 4.69) is 11.8 Å². The van der Waals surface area contributed by atoms with Crippen molar-refractivity contribution in [1.29, 1.82) is 0 Å². The molecule has 1 rings (SSSR count). The lowest BCUT2D eigenvalue weighted by Gasteiger charge is -2.28. The SMILES string of the molecule is CCCCCCC(Cl)CN1CCCCC1. The minimum atomic E-state index is 0.389. The van der Waals surface area contributed by atoms with Crippen LogP contribution in [0.2, 0.25) is 0 Å². The number of unbranched alkanes of at least 4 members (excludes halogenated alkanes) is 3. The van der Waals surface area contributed by atoms with Crippen molar-refractivity contribution in [2.45, 2.75) is 63.7 Å². The molecule has 1 heterocycles. The number of likely N-dealkylation sites (tertiary alicyclic amines) is 1. The Hall–Kier alpha value is 0.250. The van der Waals surface area contributed by atoms with Crippen molar-refractivity contribution in [3.63, 3.8) is 0 Å². The molecule has 1 saturated heterocycles. The van der Waals surface area contributed by atoms with Gasteiger partial charge in [-0.3, -0.25) is 0 Å². The van der Waals surface area contributed by atoms with Crippen molar-refractivity contribution in [2.24, 2.45) is 0 Å². The van der Waals surface area contributed by atoms with Crippen molar-refractivity contribution < 1.29 is 0 Å². The van der Waals surface area contributed by atoms with E-state index in [9.17, 15) is 0 Å². The molecule has 0 aromatic heterocycles. The van der Waals surface area contributed by atoms with Gasteiger partial charge >= 0.3 is 0 Å². The fraction of sp³-hybridized carbons (Fsp3) is 1.00. The summed E-state index contributed by atoms with van der Waals surface area (Å²) in [6.07, 6.45) is 10.7. The second-order valence-electron chi connectivity index (χ2n) is 4.81. The number of alkyl halides is 1. The predicted octanol–water partition coefficient (Wildman–Crippen LogP) is 4.05. The average molecular weight is 232 g/mol. The molecule has 0 bridgehead atoms. The Balaban J connectivity index is 1.98. The van der Waals surface area contributed by atoms with Gasteiger partial charge in [-0.25, -0.2) is 0 Å². The molecule has 90 valence electrons. The first-order valence-electron chi connectivity index (χ1n) is 6.69. The molecule has 0 spiro atoms. The molecule has 1 atom stereocenters. The first-order chi connectivity index (χ1) is 7.33. The van der Waals surface area contributed by atoms with Crippen LogP contribution in [0.4, 0.5) is 0 Å². The third kappa shape index (κ3) is 6.42. The molecular formula is C13H26ClN. The highest BCUT2D eigenvalue weighted by atomic mass is 35.5. The Morgan fingerprint density at radius 1 is 1.07 bits per heavy atom. The zero-order chi connectivity index (χ0) is 10.9. The highest BCUT2D eigenvalue weighted by Crippen LogP contribution is 2.15. The number of piperidine rings is 1. The van der Waals surface area contributed by atoms with Crippen LogP contribution in [0.25, 0.3) is 0 Å². The minimum absolute atomic E-state index is 0.389. The van der Waals surface area contributed by atoms with E-state index in [1.165, 1.54) is 64.5 Å². The number of hydrogen-bond acceptors (Lipinski definition) is 1. The summed E-state index contributed by atoms with van der Waals surface area (Å²) in [5, 5.41) is 0.389. The minimum Gasteiger partial charge on any atom is -0.302 e. The van der Waals surface area contributed by atoms with E-state index in [1.807, 2.05) is 0 Å². The molecular weight excluding hydrogens is 206 g/mol. The summed E-state index contributed by atoms with van der Waals surface area (Å²) in [6.45, 7) is 5.93. The molecule has 2 heteroatoms. The number of nitrogens with zero attached hydrogens (tertiary/aromatic N) is 1. The third-order valence-electron chi connectivity index (χ3n) is 3.28. The Labute approximate surface area is 100 Å². The van der Waals surface area contributed by atoms with Gasteiger partial charge in [-0.05, 0) is 32.4 Å². The highest BCUT2D eigenvalue weighted by molar-refractivity contribution is 6.20. The Bertz CT molecular complexity index is 143. The second-order valence-corrected chi connectivity index (χ2v) is 5.43. The van der Waals surface area contributed by atoms with Gasteiger partial charge in [0.25, 0.3) is 0 Å². The molecule has 15 heavy (non-hydrogen) atoms. The van der Waals surface area contributed by atoms with Gasteiger partial charge in [0.05, 0.1) is 0 Å². The molecule has 1 fully saturated rings. The van der Waals surface area contributed by atoms with Gasteiger partial charge in [-0.2, -0.15) is 0 Å². The summed E-state index contributed by atoms with van der Waals surface area (Å²) in [5.41, 5.74) is 0. The van der Waals surface area contributed by atoms with E-state index >= 15 is 0 Å². The summed E-state index contributed by atoms with van der Waals surface area (Å²) in [5.74, 6) is 0. The van der Waals surface area contributed by atoms with Crippen LogP contribution >= 0.6 is 11.6 Å². The van der Waals surface area contributed by atoms with Crippen LogP contribution in [0.15, 0.2) is 0 Å². The Kier molecular flexibility index (Phi) is 7.46. The van der Waals surface area contributed by atoms with E-state index in [1.54, 1.807) is 0 Å². The predicted molar refractivity (Wildman–Crippen MR) is 68.7 cm³/mol. The van der Waals surface area contributed by atoms with Gasteiger partial charge in [-0.15, -0.1) is 11.6 Å². The number of rotatable bonds is 7.